The molecule has 0 aromatic heterocycles. The highest BCUT2D eigenvalue weighted by Crippen LogP contribution is 2.06. The summed E-state index contributed by atoms with van der Waals surface area (Å²) >= 11 is 0. The summed E-state index contributed by atoms with van der Waals surface area (Å²) in [6.45, 7) is 8.84. The number of hydrogen-bond acceptors (Lipinski definition) is 3. The average Bonchev–Trinajstić information content (AvgIpc) is 1.99. The molecule has 0 amide bonds. The summed E-state index contributed by atoms with van der Waals surface area (Å²) < 4.78 is 23.9. The van der Waals surface area contributed by atoms with Crippen molar-refractivity contribution in [3.05, 3.63) is 0 Å². The Bertz CT molecular complexity index is 273. The van der Waals surface area contributed by atoms with Crippen LogP contribution < -0.4 is 5.32 Å². The standard InChI is InChI=1S/C10H24N2O2S/c1-8(2)10(11-9(3)4)7-12(5)15(6,13)14/h8-11H,7H2,1-6H3/t10-/m1/s1. The molecule has 0 saturated carbocycles. The predicted molar refractivity (Wildman–Crippen MR) is 64.4 cm³/mol. The number of likely N-dealkylation sites (N-methyl/N-ethyl adjacent to an activating group) is 1. The second-order valence-corrected chi connectivity index (χ2v) is 6.80. The van der Waals surface area contributed by atoms with Crippen molar-refractivity contribution in [3.63, 3.8) is 0 Å². The van der Waals surface area contributed by atoms with E-state index in [0.717, 1.165) is 0 Å². The summed E-state index contributed by atoms with van der Waals surface area (Å²) in [6.07, 6.45) is 1.24. The highest BCUT2D eigenvalue weighted by atomic mass is 32.2. The molecular weight excluding hydrogens is 212 g/mol. The van der Waals surface area contributed by atoms with Gasteiger partial charge in [0.15, 0.2) is 0 Å². The van der Waals surface area contributed by atoms with Crippen LogP contribution in [-0.4, -0.2) is 44.7 Å². The quantitative estimate of drug-likeness (QED) is 0.745. The Morgan fingerprint density at radius 2 is 1.67 bits per heavy atom. The van der Waals surface area contributed by atoms with Gasteiger partial charge in [-0.25, -0.2) is 12.7 Å². The smallest absolute Gasteiger partial charge is 0.211 e. The van der Waals surface area contributed by atoms with Crippen molar-refractivity contribution in [3.8, 4) is 0 Å². The van der Waals surface area contributed by atoms with E-state index in [9.17, 15) is 8.42 Å². The van der Waals surface area contributed by atoms with E-state index in [-0.39, 0.29) is 6.04 Å². The van der Waals surface area contributed by atoms with E-state index in [2.05, 4.69) is 33.0 Å². The number of sulfonamides is 1. The molecule has 4 nitrogen and oxygen atoms in total. The maximum Gasteiger partial charge on any atom is 0.211 e. The minimum atomic E-state index is -3.07. The third kappa shape index (κ3) is 6.12. The molecule has 0 saturated heterocycles. The number of rotatable bonds is 6. The van der Waals surface area contributed by atoms with Crippen LogP contribution in [0.5, 0.6) is 0 Å². The third-order valence-electron chi connectivity index (χ3n) is 2.37. The molecule has 92 valence electrons. The van der Waals surface area contributed by atoms with E-state index in [1.54, 1.807) is 7.05 Å². The van der Waals surface area contributed by atoms with Gasteiger partial charge in [0.05, 0.1) is 6.26 Å². The monoisotopic (exact) mass is 236 g/mol. The molecule has 1 N–H and O–H groups in total. The van der Waals surface area contributed by atoms with Gasteiger partial charge in [-0.1, -0.05) is 27.7 Å². The topological polar surface area (TPSA) is 49.4 Å². The molecule has 0 aromatic carbocycles. The first-order valence-corrected chi connectivity index (χ1v) is 7.16. The fourth-order valence-corrected chi connectivity index (χ4v) is 1.73. The fraction of sp³-hybridized carbons (Fsp3) is 1.00. The molecular formula is C10H24N2O2S. The van der Waals surface area contributed by atoms with Crippen LogP contribution in [0.1, 0.15) is 27.7 Å². The van der Waals surface area contributed by atoms with Gasteiger partial charge in [-0.15, -0.1) is 0 Å². The minimum Gasteiger partial charge on any atom is -0.310 e. The van der Waals surface area contributed by atoms with Crippen molar-refractivity contribution >= 4 is 10.0 Å². The lowest BCUT2D eigenvalue weighted by Crippen LogP contribution is -2.47. The molecule has 0 heterocycles. The zero-order valence-corrected chi connectivity index (χ0v) is 11.4. The van der Waals surface area contributed by atoms with Crippen LogP contribution in [0.25, 0.3) is 0 Å². The van der Waals surface area contributed by atoms with Crippen LogP contribution in [0.4, 0.5) is 0 Å². The van der Waals surface area contributed by atoms with Crippen molar-refractivity contribution < 1.29 is 8.42 Å². The van der Waals surface area contributed by atoms with Gasteiger partial charge in [-0.3, -0.25) is 0 Å². The van der Waals surface area contributed by atoms with Gasteiger partial charge >= 0.3 is 0 Å². The van der Waals surface area contributed by atoms with Gasteiger partial charge in [0, 0.05) is 25.7 Å². The number of nitrogens with zero attached hydrogens (tertiary/aromatic N) is 1. The Balaban J connectivity index is 4.42. The molecule has 0 aliphatic carbocycles. The Kier molecular flexibility index (Phi) is 5.77. The molecule has 1 atom stereocenters. The van der Waals surface area contributed by atoms with Crippen LogP contribution in [0.2, 0.25) is 0 Å². The first kappa shape index (κ1) is 14.9. The molecule has 0 unspecified atom stereocenters. The molecule has 0 aromatic rings. The van der Waals surface area contributed by atoms with Crippen molar-refractivity contribution in [1.82, 2.24) is 9.62 Å². The first-order chi connectivity index (χ1) is 6.64. The van der Waals surface area contributed by atoms with Crippen molar-refractivity contribution in [2.45, 2.75) is 39.8 Å². The lowest BCUT2D eigenvalue weighted by Gasteiger charge is -2.28. The lowest BCUT2D eigenvalue weighted by atomic mass is 10.0. The summed E-state index contributed by atoms with van der Waals surface area (Å²) in [5.74, 6) is 0.414. The lowest BCUT2D eigenvalue weighted by molar-refractivity contribution is 0.313. The summed E-state index contributed by atoms with van der Waals surface area (Å²) in [6, 6.07) is 0.565. The maximum absolute atomic E-state index is 11.3. The molecule has 0 spiro atoms. The summed E-state index contributed by atoms with van der Waals surface area (Å²) in [5.41, 5.74) is 0. The van der Waals surface area contributed by atoms with Gasteiger partial charge < -0.3 is 5.32 Å². The molecule has 15 heavy (non-hydrogen) atoms. The second-order valence-electron chi connectivity index (χ2n) is 4.72. The first-order valence-electron chi connectivity index (χ1n) is 5.32. The van der Waals surface area contributed by atoms with Crippen molar-refractivity contribution in [2.75, 3.05) is 19.8 Å². The Morgan fingerprint density at radius 3 is 1.93 bits per heavy atom. The highest BCUT2D eigenvalue weighted by molar-refractivity contribution is 7.88. The van der Waals surface area contributed by atoms with E-state index in [1.807, 2.05) is 0 Å². The summed E-state index contributed by atoms with van der Waals surface area (Å²) in [7, 11) is -1.46. The number of nitrogens with one attached hydrogen (secondary N) is 1. The Morgan fingerprint density at radius 1 is 1.20 bits per heavy atom. The van der Waals surface area contributed by atoms with Gasteiger partial charge in [-0.2, -0.15) is 0 Å². The van der Waals surface area contributed by atoms with Gasteiger partial charge in [0.1, 0.15) is 0 Å². The zero-order valence-electron chi connectivity index (χ0n) is 10.6. The third-order valence-corrected chi connectivity index (χ3v) is 3.65. The summed E-state index contributed by atoms with van der Waals surface area (Å²) in [5, 5.41) is 3.38. The largest absolute Gasteiger partial charge is 0.310 e. The fourth-order valence-electron chi connectivity index (χ4n) is 1.30. The highest BCUT2D eigenvalue weighted by Gasteiger charge is 2.20. The molecule has 0 aliphatic heterocycles. The van der Waals surface area contributed by atoms with E-state index in [1.165, 1.54) is 10.6 Å². The van der Waals surface area contributed by atoms with Crippen LogP contribution in [0.15, 0.2) is 0 Å². The van der Waals surface area contributed by atoms with E-state index in [4.69, 9.17) is 0 Å². The van der Waals surface area contributed by atoms with Crippen LogP contribution in [0, 0.1) is 5.92 Å². The average molecular weight is 236 g/mol. The van der Waals surface area contributed by atoms with Crippen LogP contribution >= 0.6 is 0 Å². The van der Waals surface area contributed by atoms with Crippen LogP contribution in [-0.2, 0) is 10.0 Å². The van der Waals surface area contributed by atoms with Crippen molar-refractivity contribution in [2.24, 2.45) is 5.92 Å². The van der Waals surface area contributed by atoms with Gasteiger partial charge in [-0.05, 0) is 5.92 Å². The normalized spacial score (nSPS) is 15.3. The maximum atomic E-state index is 11.3. The predicted octanol–water partition coefficient (Wildman–Crippen LogP) is 0.900. The number of hydrogen-bond donors (Lipinski definition) is 1. The van der Waals surface area contributed by atoms with Gasteiger partial charge in [0.25, 0.3) is 0 Å². The van der Waals surface area contributed by atoms with E-state index < -0.39 is 10.0 Å². The van der Waals surface area contributed by atoms with Gasteiger partial charge in [0.2, 0.25) is 10.0 Å². The zero-order chi connectivity index (χ0) is 12.2. The van der Waals surface area contributed by atoms with Crippen LogP contribution in [0.3, 0.4) is 0 Å². The molecule has 0 radical (unpaired) electrons. The second kappa shape index (κ2) is 5.82. The van der Waals surface area contributed by atoms with Crippen molar-refractivity contribution in [1.29, 1.82) is 0 Å². The SMILES string of the molecule is CC(C)N[C@H](CN(C)S(C)(=O)=O)C(C)C. The molecule has 0 aliphatic rings. The molecule has 0 bridgehead atoms. The Hall–Kier alpha value is -0.130. The minimum absolute atomic E-state index is 0.199. The summed E-state index contributed by atoms with van der Waals surface area (Å²) in [4.78, 5) is 0. The molecule has 0 rings (SSSR count). The van der Waals surface area contributed by atoms with E-state index in [0.29, 0.717) is 18.5 Å². The van der Waals surface area contributed by atoms with E-state index >= 15 is 0 Å². The molecule has 5 heteroatoms. The Labute approximate surface area is 94.1 Å². The molecule has 0 fully saturated rings.